The van der Waals surface area contributed by atoms with Gasteiger partial charge in [-0.1, -0.05) is 25.7 Å². The van der Waals surface area contributed by atoms with Gasteiger partial charge in [-0.2, -0.15) is 5.10 Å². The van der Waals surface area contributed by atoms with E-state index in [-0.39, 0.29) is 5.91 Å². The highest BCUT2D eigenvalue weighted by molar-refractivity contribution is 5.75. The Morgan fingerprint density at radius 1 is 1.24 bits per heavy atom. The fraction of sp³-hybridized carbons (Fsp3) is 0.765. The van der Waals surface area contributed by atoms with Crippen LogP contribution in [0.4, 0.5) is 0 Å². The van der Waals surface area contributed by atoms with Gasteiger partial charge in [0.05, 0.1) is 12.7 Å². The summed E-state index contributed by atoms with van der Waals surface area (Å²) >= 11 is 0. The molecule has 4 nitrogen and oxygen atoms in total. The van der Waals surface area contributed by atoms with E-state index in [2.05, 4.69) is 15.1 Å². The van der Waals surface area contributed by atoms with E-state index in [4.69, 9.17) is 0 Å². The first kappa shape index (κ1) is 14.6. The Bertz CT molecular complexity index is 474. The lowest BCUT2D eigenvalue weighted by molar-refractivity contribution is -0.121. The highest BCUT2D eigenvalue weighted by Gasteiger charge is 2.17. The standard InChI is InChI=1S/C17H27N3O/c21-17(10-9-14-5-1-2-6-14)18-11-12-20-16-8-4-3-7-15(16)13-19-20/h13-14H,1-12H2,(H,18,21). The first-order valence-corrected chi connectivity index (χ1v) is 8.63. The molecule has 0 radical (unpaired) electrons. The molecule has 0 bridgehead atoms. The molecule has 1 N–H and O–H groups in total. The second kappa shape index (κ2) is 7.10. The van der Waals surface area contributed by atoms with E-state index < -0.39 is 0 Å². The summed E-state index contributed by atoms with van der Waals surface area (Å²) in [5.74, 6) is 1.01. The number of aromatic nitrogens is 2. The topological polar surface area (TPSA) is 46.9 Å². The normalized spacial score (nSPS) is 18.7. The Balaban J connectivity index is 1.37. The quantitative estimate of drug-likeness (QED) is 0.875. The van der Waals surface area contributed by atoms with Crippen molar-refractivity contribution in [3.8, 4) is 0 Å². The summed E-state index contributed by atoms with van der Waals surface area (Å²) in [5, 5.41) is 7.52. The predicted octanol–water partition coefficient (Wildman–Crippen LogP) is 2.85. The van der Waals surface area contributed by atoms with Gasteiger partial charge in [0.2, 0.25) is 5.91 Å². The Labute approximate surface area is 127 Å². The number of nitrogens with one attached hydrogen (secondary N) is 1. The first-order valence-electron chi connectivity index (χ1n) is 8.63. The fourth-order valence-electron chi connectivity index (χ4n) is 3.77. The molecule has 0 aliphatic heterocycles. The molecule has 1 saturated carbocycles. The summed E-state index contributed by atoms with van der Waals surface area (Å²) in [5.41, 5.74) is 2.80. The summed E-state index contributed by atoms with van der Waals surface area (Å²) in [6, 6.07) is 0. The molecule has 21 heavy (non-hydrogen) atoms. The summed E-state index contributed by atoms with van der Waals surface area (Å²) < 4.78 is 2.09. The van der Waals surface area contributed by atoms with Crippen molar-refractivity contribution < 1.29 is 4.79 Å². The first-order chi connectivity index (χ1) is 10.3. The van der Waals surface area contributed by atoms with Gasteiger partial charge in [0.25, 0.3) is 0 Å². The molecule has 2 aliphatic rings. The highest BCUT2D eigenvalue weighted by Crippen LogP contribution is 2.28. The van der Waals surface area contributed by atoms with Crippen LogP contribution in [0.3, 0.4) is 0 Å². The molecule has 0 spiro atoms. The second-order valence-electron chi connectivity index (χ2n) is 6.59. The Morgan fingerprint density at radius 3 is 2.90 bits per heavy atom. The van der Waals surface area contributed by atoms with E-state index in [0.29, 0.717) is 13.0 Å². The minimum absolute atomic E-state index is 0.211. The average Bonchev–Trinajstić information content (AvgIpc) is 3.15. The van der Waals surface area contributed by atoms with Gasteiger partial charge in [-0.3, -0.25) is 9.48 Å². The number of nitrogens with zero attached hydrogens (tertiary/aromatic N) is 2. The lowest BCUT2D eigenvalue weighted by Crippen LogP contribution is -2.28. The Hall–Kier alpha value is -1.32. The minimum Gasteiger partial charge on any atom is -0.354 e. The van der Waals surface area contributed by atoms with Crippen LogP contribution in [0.15, 0.2) is 6.20 Å². The van der Waals surface area contributed by atoms with Crippen molar-refractivity contribution in [1.29, 1.82) is 0 Å². The van der Waals surface area contributed by atoms with Gasteiger partial charge < -0.3 is 5.32 Å². The van der Waals surface area contributed by atoms with Crippen LogP contribution < -0.4 is 5.32 Å². The third-order valence-corrected chi connectivity index (χ3v) is 5.05. The van der Waals surface area contributed by atoms with Crippen molar-refractivity contribution in [2.45, 2.75) is 70.8 Å². The van der Waals surface area contributed by atoms with Crippen LogP contribution in [0, 0.1) is 5.92 Å². The number of hydrogen-bond acceptors (Lipinski definition) is 2. The van der Waals surface area contributed by atoms with Gasteiger partial charge in [-0.25, -0.2) is 0 Å². The van der Waals surface area contributed by atoms with Gasteiger partial charge in [-0.05, 0) is 43.6 Å². The second-order valence-corrected chi connectivity index (χ2v) is 6.59. The molecule has 1 aromatic rings. The van der Waals surface area contributed by atoms with Gasteiger partial charge in [0.1, 0.15) is 0 Å². The van der Waals surface area contributed by atoms with E-state index in [1.165, 1.54) is 56.2 Å². The van der Waals surface area contributed by atoms with Crippen molar-refractivity contribution in [3.63, 3.8) is 0 Å². The van der Waals surface area contributed by atoms with Crippen LogP contribution >= 0.6 is 0 Å². The molecule has 0 aromatic carbocycles. The molecule has 0 unspecified atom stereocenters. The zero-order valence-electron chi connectivity index (χ0n) is 12.9. The monoisotopic (exact) mass is 289 g/mol. The zero-order valence-corrected chi connectivity index (χ0v) is 12.9. The van der Waals surface area contributed by atoms with Crippen LogP contribution in [-0.4, -0.2) is 22.2 Å². The fourth-order valence-corrected chi connectivity index (χ4v) is 3.77. The van der Waals surface area contributed by atoms with E-state index in [1.54, 1.807) is 0 Å². The third-order valence-electron chi connectivity index (χ3n) is 5.05. The number of hydrogen-bond donors (Lipinski definition) is 1. The maximum absolute atomic E-state index is 11.9. The largest absolute Gasteiger partial charge is 0.354 e. The van der Waals surface area contributed by atoms with Crippen molar-refractivity contribution >= 4 is 5.91 Å². The van der Waals surface area contributed by atoms with Crippen molar-refractivity contribution in [1.82, 2.24) is 15.1 Å². The van der Waals surface area contributed by atoms with E-state index >= 15 is 0 Å². The van der Waals surface area contributed by atoms with Crippen molar-refractivity contribution in [2.75, 3.05) is 6.54 Å². The molecule has 3 rings (SSSR count). The van der Waals surface area contributed by atoms with Crippen LogP contribution in [0.1, 0.15) is 62.6 Å². The lowest BCUT2D eigenvalue weighted by atomic mass is 9.98. The molecule has 2 aliphatic carbocycles. The van der Waals surface area contributed by atoms with Crippen molar-refractivity contribution in [3.05, 3.63) is 17.5 Å². The number of carbonyl (C=O) groups is 1. The summed E-state index contributed by atoms with van der Waals surface area (Å²) in [7, 11) is 0. The molecule has 1 aromatic heterocycles. The van der Waals surface area contributed by atoms with Crippen LogP contribution in [0.25, 0.3) is 0 Å². The lowest BCUT2D eigenvalue weighted by Gasteiger charge is -2.14. The number of carbonyl (C=O) groups excluding carboxylic acids is 1. The summed E-state index contributed by atoms with van der Waals surface area (Å²) in [6.07, 6.45) is 14.0. The number of aryl methyl sites for hydroxylation is 1. The molecule has 1 heterocycles. The predicted molar refractivity (Wildman–Crippen MR) is 83.1 cm³/mol. The minimum atomic E-state index is 0.211. The van der Waals surface area contributed by atoms with Gasteiger partial charge in [0.15, 0.2) is 0 Å². The summed E-state index contributed by atoms with van der Waals surface area (Å²) in [6.45, 7) is 1.52. The molecular weight excluding hydrogens is 262 g/mol. The van der Waals surface area contributed by atoms with E-state index in [0.717, 1.165) is 25.3 Å². The molecule has 0 saturated heterocycles. The smallest absolute Gasteiger partial charge is 0.220 e. The van der Waals surface area contributed by atoms with E-state index in [9.17, 15) is 4.79 Å². The van der Waals surface area contributed by atoms with Crippen LogP contribution in [-0.2, 0) is 24.2 Å². The summed E-state index contributed by atoms with van der Waals surface area (Å²) in [4.78, 5) is 11.9. The molecule has 4 heteroatoms. The van der Waals surface area contributed by atoms with Gasteiger partial charge in [-0.15, -0.1) is 0 Å². The molecule has 1 amide bonds. The SMILES string of the molecule is O=C(CCC1CCCC1)NCCn1ncc2c1CCCC2. The van der Waals surface area contributed by atoms with E-state index in [1.807, 2.05) is 6.20 Å². The Kier molecular flexibility index (Phi) is 4.94. The van der Waals surface area contributed by atoms with Gasteiger partial charge in [0, 0.05) is 18.7 Å². The molecule has 0 atom stereocenters. The molecule has 1 fully saturated rings. The maximum Gasteiger partial charge on any atom is 0.220 e. The van der Waals surface area contributed by atoms with Crippen LogP contribution in [0.2, 0.25) is 0 Å². The number of rotatable bonds is 6. The molecular formula is C17H27N3O. The molecule has 116 valence electrons. The van der Waals surface area contributed by atoms with Crippen molar-refractivity contribution in [2.24, 2.45) is 5.92 Å². The number of fused-ring (bicyclic) bond motifs is 1. The third kappa shape index (κ3) is 3.86. The highest BCUT2D eigenvalue weighted by atomic mass is 16.1. The maximum atomic E-state index is 11.9. The Morgan fingerprint density at radius 2 is 2.05 bits per heavy atom. The van der Waals surface area contributed by atoms with Crippen LogP contribution in [0.5, 0.6) is 0 Å². The number of amides is 1. The van der Waals surface area contributed by atoms with Gasteiger partial charge >= 0.3 is 0 Å². The average molecular weight is 289 g/mol. The zero-order chi connectivity index (χ0) is 14.5.